The zero-order valence-corrected chi connectivity index (χ0v) is 13.7. The van der Waals surface area contributed by atoms with Gasteiger partial charge in [-0.2, -0.15) is 0 Å². The van der Waals surface area contributed by atoms with Crippen molar-refractivity contribution in [3.05, 3.63) is 24.7 Å². The van der Waals surface area contributed by atoms with Gasteiger partial charge in [0.2, 0.25) is 0 Å². The number of hydrogen-bond donors (Lipinski definition) is 4. The second kappa shape index (κ2) is 14.6. The molecule has 0 radical (unpaired) electrons. The Morgan fingerprint density at radius 2 is 1.17 bits per heavy atom. The van der Waals surface area contributed by atoms with Crippen LogP contribution in [0, 0.1) is 0 Å². The van der Waals surface area contributed by atoms with Crippen molar-refractivity contribution in [2.24, 2.45) is 0 Å². The third-order valence-electron chi connectivity index (χ3n) is 2.82. The Morgan fingerprint density at radius 3 is 1.52 bits per heavy atom. The first kappa shape index (κ1) is 22.0. The molecule has 0 bridgehead atoms. The summed E-state index contributed by atoms with van der Waals surface area (Å²) >= 11 is 0. The first-order valence-electron chi connectivity index (χ1n) is 7.76. The van der Waals surface area contributed by atoms with Gasteiger partial charge in [-0.1, -0.05) is 13.2 Å². The van der Waals surface area contributed by atoms with Crippen molar-refractivity contribution in [1.82, 2.24) is 0 Å². The topological polar surface area (TPSA) is 109 Å². The number of ether oxygens (including phenoxy) is 3. The van der Waals surface area contributed by atoms with Crippen molar-refractivity contribution in [1.29, 1.82) is 0 Å². The van der Waals surface area contributed by atoms with E-state index in [0.29, 0.717) is 50.4 Å². The van der Waals surface area contributed by atoms with Crippen LogP contribution in [0.3, 0.4) is 0 Å². The molecule has 0 aliphatic heterocycles. The van der Waals surface area contributed by atoms with Gasteiger partial charge in [0.05, 0.1) is 37.9 Å². The van der Waals surface area contributed by atoms with Crippen LogP contribution >= 0.6 is 0 Å². The van der Waals surface area contributed by atoms with Crippen LogP contribution in [0.2, 0.25) is 0 Å². The summed E-state index contributed by atoms with van der Waals surface area (Å²) in [5.41, 5.74) is 0. The van der Waals surface area contributed by atoms with Crippen LogP contribution in [0.15, 0.2) is 24.7 Å². The van der Waals surface area contributed by atoms with E-state index >= 15 is 0 Å². The number of aliphatic hydroxyl groups is 4. The molecule has 0 aromatic carbocycles. The summed E-state index contributed by atoms with van der Waals surface area (Å²) < 4.78 is 15.8. The van der Waals surface area contributed by atoms with Crippen LogP contribution in [-0.4, -0.2) is 72.3 Å². The molecule has 23 heavy (non-hydrogen) atoms. The zero-order chi connectivity index (χ0) is 17.5. The zero-order valence-electron chi connectivity index (χ0n) is 13.7. The molecule has 2 atom stereocenters. The third kappa shape index (κ3) is 14.4. The fraction of sp³-hybridized carbons (Fsp3) is 0.750. The highest BCUT2D eigenvalue weighted by Crippen LogP contribution is 2.13. The number of aliphatic hydroxyl groups excluding tert-OH is 4. The molecule has 0 aromatic rings. The number of rotatable bonds is 16. The SMILES string of the molecule is C=C(CCCOCC(O)CO)OC(=C)CCCOCC(O)CO. The third-order valence-corrected chi connectivity index (χ3v) is 2.82. The van der Waals surface area contributed by atoms with Crippen LogP contribution in [-0.2, 0) is 14.2 Å². The fourth-order valence-electron chi connectivity index (χ4n) is 1.59. The molecule has 7 nitrogen and oxygen atoms in total. The van der Waals surface area contributed by atoms with Gasteiger partial charge in [0.1, 0.15) is 12.2 Å². The Morgan fingerprint density at radius 1 is 0.783 bits per heavy atom. The Bertz CT molecular complexity index is 290. The average molecular weight is 334 g/mol. The normalized spacial score (nSPS) is 13.6. The molecular formula is C16H30O7. The highest BCUT2D eigenvalue weighted by atomic mass is 16.5. The van der Waals surface area contributed by atoms with Gasteiger partial charge < -0.3 is 34.6 Å². The summed E-state index contributed by atoms with van der Waals surface area (Å²) in [6.07, 6.45) is 0.963. The largest absolute Gasteiger partial charge is 0.467 e. The van der Waals surface area contributed by atoms with E-state index in [1.165, 1.54) is 0 Å². The molecular weight excluding hydrogens is 304 g/mol. The Labute approximate surface area is 137 Å². The van der Waals surface area contributed by atoms with Crippen LogP contribution in [0.1, 0.15) is 25.7 Å². The molecule has 0 spiro atoms. The molecule has 0 rings (SSSR count). The lowest BCUT2D eigenvalue weighted by molar-refractivity contribution is 0.00466. The molecule has 0 fully saturated rings. The van der Waals surface area contributed by atoms with Gasteiger partial charge in [-0.25, -0.2) is 0 Å². The molecule has 7 heteroatoms. The Hall–Kier alpha value is -0.960. The van der Waals surface area contributed by atoms with Gasteiger partial charge in [0, 0.05) is 26.1 Å². The summed E-state index contributed by atoms with van der Waals surface area (Å²) in [7, 11) is 0. The van der Waals surface area contributed by atoms with E-state index in [1.54, 1.807) is 0 Å². The van der Waals surface area contributed by atoms with Gasteiger partial charge >= 0.3 is 0 Å². The number of hydrogen-bond acceptors (Lipinski definition) is 7. The van der Waals surface area contributed by atoms with Gasteiger partial charge in [-0.3, -0.25) is 0 Å². The van der Waals surface area contributed by atoms with E-state index in [-0.39, 0.29) is 26.4 Å². The molecule has 0 aliphatic carbocycles. The van der Waals surface area contributed by atoms with Crippen molar-refractivity contribution in [2.75, 3.05) is 39.6 Å². The second-order valence-corrected chi connectivity index (χ2v) is 5.21. The highest BCUT2D eigenvalue weighted by Gasteiger charge is 2.04. The van der Waals surface area contributed by atoms with Crippen molar-refractivity contribution in [3.8, 4) is 0 Å². The quantitative estimate of drug-likeness (QED) is 0.238. The van der Waals surface area contributed by atoms with E-state index in [2.05, 4.69) is 13.2 Å². The second-order valence-electron chi connectivity index (χ2n) is 5.21. The average Bonchev–Trinajstić information content (AvgIpc) is 2.53. The molecule has 136 valence electrons. The Balaban J connectivity index is 3.50. The van der Waals surface area contributed by atoms with Gasteiger partial charge in [0.25, 0.3) is 0 Å². The molecule has 0 saturated carbocycles. The summed E-state index contributed by atoms with van der Waals surface area (Å²) in [5.74, 6) is 1.19. The smallest absolute Gasteiger partial charge is 0.100 e. The maximum atomic E-state index is 9.09. The fourth-order valence-corrected chi connectivity index (χ4v) is 1.59. The van der Waals surface area contributed by atoms with Crippen LogP contribution in [0.25, 0.3) is 0 Å². The van der Waals surface area contributed by atoms with Crippen molar-refractivity contribution in [3.63, 3.8) is 0 Å². The maximum Gasteiger partial charge on any atom is 0.100 e. The lowest BCUT2D eigenvalue weighted by Gasteiger charge is -2.12. The van der Waals surface area contributed by atoms with Crippen molar-refractivity contribution in [2.45, 2.75) is 37.9 Å². The van der Waals surface area contributed by atoms with Crippen LogP contribution in [0.4, 0.5) is 0 Å². The standard InChI is InChI=1S/C16H30O7/c1-13(5-3-7-21-11-15(19)9-17)23-14(2)6-4-8-22-12-16(20)10-18/h15-20H,1-12H2. The monoisotopic (exact) mass is 334 g/mol. The predicted octanol–water partition coefficient (Wildman–Crippen LogP) is 0.330. The first-order chi connectivity index (χ1) is 11.0. The predicted molar refractivity (Wildman–Crippen MR) is 85.7 cm³/mol. The lowest BCUT2D eigenvalue weighted by atomic mass is 10.2. The maximum absolute atomic E-state index is 9.09. The molecule has 2 unspecified atom stereocenters. The molecule has 4 N–H and O–H groups in total. The lowest BCUT2D eigenvalue weighted by Crippen LogP contribution is -2.19. The van der Waals surface area contributed by atoms with Crippen LogP contribution < -0.4 is 0 Å². The molecule has 0 amide bonds. The van der Waals surface area contributed by atoms with Crippen molar-refractivity contribution >= 4 is 0 Å². The summed E-state index contributed by atoms with van der Waals surface area (Å²) in [5, 5.41) is 35.4. The first-order valence-corrected chi connectivity index (χ1v) is 7.76. The minimum atomic E-state index is -0.838. The minimum Gasteiger partial charge on any atom is -0.467 e. The summed E-state index contributed by atoms with van der Waals surface area (Å²) in [4.78, 5) is 0. The molecule has 0 saturated heterocycles. The van der Waals surface area contributed by atoms with E-state index in [4.69, 9.17) is 34.6 Å². The van der Waals surface area contributed by atoms with Gasteiger partial charge in [-0.05, 0) is 12.8 Å². The number of allylic oxidation sites excluding steroid dienone is 2. The Kier molecular flexibility index (Phi) is 14.0. The van der Waals surface area contributed by atoms with E-state index in [9.17, 15) is 0 Å². The van der Waals surface area contributed by atoms with E-state index in [1.807, 2.05) is 0 Å². The minimum absolute atomic E-state index is 0.113. The summed E-state index contributed by atoms with van der Waals surface area (Å²) in [6.45, 7) is 8.12. The molecule has 0 aliphatic rings. The van der Waals surface area contributed by atoms with Crippen LogP contribution in [0.5, 0.6) is 0 Å². The molecule has 0 aromatic heterocycles. The highest BCUT2D eigenvalue weighted by molar-refractivity contribution is 4.93. The molecule has 0 heterocycles. The van der Waals surface area contributed by atoms with Gasteiger partial charge in [-0.15, -0.1) is 0 Å². The van der Waals surface area contributed by atoms with Gasteiger partial charge in [0.15, 0.2) is 0 Å². The summed E-state index contributed by atoms with van der Waals surface area (Å²) in [6, 6.07) is 0. The van der Waals surface area contributed by atoms with Crippen molar-refractivity contribution < 1.29 is 34.6 Å². The van der Waals surface area contributed by atoms with E-state index < -0.39 is 12.2 Å². The van der Waals surface area contributed by atoms with E-state index in [0.717, 1.165) is 0 Å².